The molecule has 0 aliphatic heterocycles. The van der Waals surface area contributed by atoms with Crippen LogP contribution in [0.5, 0.6) is 5.75 Å². The van der Waals surface area contributed by atoms with Crippen molar-refractivity contribution in [2.24, 2.45) is 0 Å². The van der Waals surface area contributed by atoms with Crippen molar-refractivity contribution in [3.05, 3.63) is 23.8 Å². The smallest absolute Gasteiger partial charge is 0.142 e. The Morgan fingerprint density at radius 2 is 1.30 bits per heavy atom. The van der Waals surface area contributed by atoms with Gasteiger partial charge < -0.3 is 10.5 Å². The third-order valence-corrected chi connectivity index (χ3v) is 4.42. The largest absolute Gasteiger partial charge is 0.491 e. The van der Waals surface area contributed by atoms with Gasteiger partial charge in [0, 0.05) is 0 Å². The molecule has 0 aliphatic rings. The predicted molar refractivity (Wildman–Crippen MR) is 102 cm³/mol. The van der Waals surface area contributed by atoms with Gasteiger partial charge in [0.2, 0.25) is 0 Å². The molecule has 23 heavy (non-hydrogen) atoms. The first-order valence-electron chi connectivity index (χ1n) is 9.73. The SMILES string of the molecule is CCCCCCCCCCCCCCOc1cc(C)ccc1N. The number of nitrogen functional groups attached to an aromatic ring is 1. The molecule has 0 aliphatic carbocycles. The Hall–Kier alpha value is -1.18. The van der Waals surface area contributed by atoms with Gasteiger partial charge in [0.05, 0.1) is 12.3 Å². The number of rotatable bonds is 14. The van der Waals surface area contributed by atoms with Crippen LogP contribution in [-0.2, 0) is 0 Å². The van der Waals surface area contributed by atoms with Gasteiger partial charge in [0.15, 0.2) is 0 Å². The van der Waals surface area contributed by atoms with Gasteiger partial charge in [-0.25, -0.2) is 0 Å². The normalized spacial score (nSPS) is 10.9. The van der Waals surface area contributed by atoms with E-state index in [-0.39, 0.29) is 0 Å². The average Bonchev–Trinajstić information content (AvgIpc) is 2.55. The number of hydrogen-bond donors (Lipinski definition) is 1. The van der Waals surface area contributed by atoms with Crippen molar-refractivity contribution in [2.75, 3.05) is 12.3 Å². The van der Waals surface area contributed by atoms with Gasteiger partial charge in [0.1, 0.15) is 5.75 Å². The number of benzene rings is 1. The van der Waals surface area contributed by atoms with Crippen LogP contribution in [-0.4, -0.2) is 6.61 Å². The van der Waals surface area contributed by atoms with Gasteiger partial charge >= 0.3 is 0 Å². The van der Waals surface area contributed by atoms with Crippen LogP contribution in [0.2, 0.25) is 0 Å². The van der Waals surface area contributed by atoms with E-state index in [0.29, 0.717) is 0 Å². The van der Waals surface area contributed by atoms with Crippen LogP contribution >= 0.6 is 0 Å². The fourth-order valence-corrected chi connectivity index (χ4v) is 2.89. The molecule has 0 spiro atoms. The Morgan fingerprint density at radius 3 is 1.87 bits per heavy atom. The highest BCUT2D eigenvalue weighted by Gasteiger charge is 2.00. The molecule has 0 fully saturated rings. The van der Waals surface area contributed by atoms with Gasteiger partial charge in [-0.2, -0.15) is 0 Å². The van der Waals surface area contributed by atoms with E-state index in [9.17, 15) is 0 Å². The maximum Gasteiger partial charge on any atom is 0.142 e. The van der Waals surface area contributed by atoms with Gasteiger partial charge in [-0.05, 0) is 31.0 Å². The van der Waals surface area contributed by atoms with E-state index >= 15 is 0 Å². The molecule has 132 valence electrons. The molecule has 2 nitrogen and oxygen atoms in total. The summed E-state index contributed by atoms with van der Waals surface area (Å²) in [5.41, 5.74) is 7.85. The Bertz CT molecular complexity index is 403. The molecule has 0 saturated carbocycles. The molecule has 0 bridgehead atoms. The van der Waals surface area contributed by atoms with Crippen LogP contribution in [0.4, 0.5) is 5.69 Å². The van der Waals surface area contributed by atoms with Gasteiger partial charge in [-0.15, -0.1) is 0 Å². The molecular weight excluding hydrogens is 282 g/mol. The molecule has 0 atom stereocenters. The van der Waals surface area contributed by atoms with Crippen molar-refractivity contribution in [3.8, 4) is 5.75 Å². The molecule has 0 amide bonds. The average molecular weight is 320 g/mol. The number of hydrogen-bond acceptors (Lipinski definition) is 2. The second-order valence-corrected chi connectivity index (χ2v) is 6.78. The second-order valence-electron chi connectivity index (χ2n) is 6.78. The summed E-state index contributed by atoms with van der Waals surface area (Å²) in [6, 6.07) is 5.97. The minimum absolute atomic E-state index is 0.745. The summed E-state index contributed by atoms with van der Waals surface area (Å²) >= 11 is 0. The summed E-state index contributed by atoms with van der Waals surface area (Å²) in [5.74, 6) is 0.841. The lowest BCUT2D eigenvalue weighted by molar-refractivity contribution is 0.305. The summed E-state index contributed by atoms with van der Waals surface area (Å²) in [6.45, 7) is 5.13. The monoisotopic (exact) mass is 319 g/mol. The van der Waals surface area contributed by atoms with E-state index in [2.05, 4.69) is 13.8 Å². The van der Waals surface area contributed by atoms with E-state index in [0.717, 1.165) is 24.5 Å². The zero-order valence-corrected chi connectivity index (χ0v) is 15.4. The third-order valence-electron chi connectivity index (χ3n) is 4.42. The lowest BCUT2D eigenvalue weighted by Gasteiger charge is -2.09. The van der Waals surface area contributed by atoms with E-state index in [4.69, 9.17) is 10.5 Å². The summed E-state index contributed by atoms with van der Waals surface area (Å²) in [5, 5.41) is 0. The van der Waals surface area contributed by atoms with E-state index in [1.807, 2.05) is 18.2 Å². The number of anilines is 1. The molecule has 1 rings (SSSR count). The second kappa shape index (κ2) is 13.3. The number of unbranched alkanes of at least 4 members (excludes halogenated alkanes) is 11. The van der Waals surface area contributed by atoms with E-state index in [1.165, 1.54) is 76.2 Å². The lowest BCUT2D eigenvalue weighted by Crippen LogP contribution is -2.00. The maximum atomic E-state index is 5.91. The zero-order valence-electron chi connectivity index (χ0n) is 15.4. The molecule has 1 aromatic carbocycles. The summed E-state index contributed by atoms with van der Waals surface area (Å²) in [6.07, 6.45) is 16.4. The highest BCUT2D eigenvalue weighted by atomic mass is 16.5. The first-order chi connectivity index (χ1) is 11.2. The van der Waals surface area contributed by atoms with E-state index < -0.39 is 0 Å². The van der Waals surface area contributed by atoms with Gasteiger partial charge in [-0.1, -0.05) is 83.6 Å². The Kier molecular flexibility index (Phi) is 11.5. The predicted octanol–water partition coefficient (Wildman–Crippen LogP) is 6.66. The molecule has 0 heterocycles. The molecule has 0 unspecified atom stereocenters. The fraction of sp³-hybridized carbons (Fsp3) is 0.714. The molecular formula is C21H37NO. The first-order valence-corrected chi connectivity index (χ1v) is 9.73. The van der Waals surface area contributed by atoms with Crippen LogP contribution < -0.4 is 10.5 Å². The van der Waals surface area contributed by atoms with Crippen molar-refractivity contribution >= 4 is 5.69 Å². The quantitative estimate of drug-likeness (QED) is 0.307. The van der Waals surface area contributed by atoms with Crippen molar-refractivity contribution in [3.63, 3.8) is 0 Å². The molecule has 0 saturated heterocycles. The van der Waals surface area contributed by atoms with Crippen molar-refractivity contribution < 1.29 is 4.74 Å². The zero-order chi connectivity index (χ0) is 16.8. The topological polar surface area (TPSA) is 35.2 Å². The highest BCUT2D eigenvalue weighted by molar-refractivity contribution is 5.53. The molecule has 1 aromatic rings. The highest BCUT2D eigenvalue weighted by Crippen LogP contribution is 2.22. The minimum atomic E-state index is 0.745. The van der Waals surface area contributed by atoms with Gasteiger partial charge in [0.25, 0.3) is 0 Å². The molecule has 0 aromatic heterocycles. The van der Waals surface area contributed by atoms with Gasteiger partial charge in [-0.3, -0.25) is 0 Å². The fourth-order valence-electron chi connectivity index (χ4n) is 2.89. The van der Waals surface area contributed by atoms with Crippen LogP contribution in [0, 0.1) is 6.92 Å². The van der Waals surface area contributed by atoms with Crippen molar-refractivity contribution in [1.82, 2.24) is 0 Å². The van der Waals surface area contributed by atoms with Crippen molar-refractivity contribution in [2.45, 2.75) is 90.9 Å². The van der Waals surface area contributed by atoms with Crippen molar-refractivity contribution in [1.29, 1.82) is 0 Å². The third kappa shape index (κ3) is 10.3. The Labute approximate surface area is 143 Å². The minimum Gasteiger partial charge on any atom is -0.491 e. The summed E-state index contributed by atoms with van der Waals surface area (Å²) in [4.78, 5) is 0. The molecule has 2 N–H and O–H groups in total. The first kappa shape index (κ1) is 19.9. The Morgan fingerprint density at radius 1 is 0.783 bits per heavy atom. The number of aryl methyl sites for hydroxylation is 1. The summed E-state index contributed by atoms with van der Waals surface area (Å²) in [7, 11) is 0. The Balaban J connectivity index is 1.87. The van der Waals surface area contributed by atoms with E-state index in [1.54, 1.807) is 0 Å². The number of ether oxygens (including phenoxy) is 1. The van der Waals surface area contributed by atoms with Crippen LogP contribution in [0.3, 0.4) is 0 Å². The van der Waals surface area contributed by atoms with Crippen LogP contribution in [0.15, 0.2) is 18.2 Å². The molecule has 2 heteroatoms. The summed E-state index contributed by atoms with van der Waals surface area (Å²) < 4.78 is 5.78. The van der Waals surface area contributed by atoms with Crippen LogP contribution in [0.25, 0.3) is 0 Å². The maximum absolute atomic E-state index is 5.91. The number of nitrogens with two attached hydrogens (primary N) is 1. The molecule has 0 radical (unpaired) electrons. The standard InChI is InChI=1S/C21H37NO/c1-3-4-5-6-7-8-9-10-11-12-13-14-17-23-21-18-19(2)15-16-20(21)22/h15-16,18H,3-14,17,22H2,1-2H3. The lowest BCUT2D eigenvalue weighted by atomic mass is 10.1. The van der Waals surface area contributed by atoms with Crippen LogP contribution in [0.1, 0.15) is 89.5 Å².